The number of hydrogen-bond acceptors (Lipinski definition) is 4. The minimum Gasteiger partial charge on any atom is -0.478 e. The molecule has 1 unspecified atom stereocenters. The van der Waals surface area contributed by atoms with Crippen LogP contribution in [0.25, 0.3) is 0 Å². The molecule has 1 aliphatic heterocycles. The average Bonchev–Trinajstić information content (AvgIpc) is 2.76. The van der Waals surface area contributed by atoms with Gasteiger partial charge >= 0.3 is 5.97 Å². The molecule has 98 valence electrons. The average molecular weight is 250 g/mol. The first-order valence-electron chi connectivity index (χ1n) is 5.97. The number of carboxylic acid groups (broad SMARTS) is 1. The van der Waals surface area contributed by atoms with Gasteiger partial charge in [0.2, 0.25) is 0 Å². The minimum absolute atomic E-state index is 0.221. The standard InChI is InChI=1S/C13H18N2O3/c1-18-10-5-6-15(8-10)7-9-3-2-4-11(14)12(9)13(16)17/h2-4,10H,5-8,14H2,1H3,(H,16,17). The predicted octanol–water partition coefficient (Wildman–Crippen LogP) is 1.19. The number of rotatable bonds is 4. The number of methoxy groups -OCH3 is 1. The molecule has 0 bridgehead atoms. The molecular weight excluding hydrogens is 232 g/mol. The Morgan fingerprint density at radius 1 is 1.61 bits per heavy atom. The Kier molecular flexibility index (Phi) is 3.84. The fourth-order valence-electron chi connectivity index (χ4n) is 2.39. The largest absolute Gasteiger partial charge is 0.478 e. The number of anilines is 1. The van der Waals surface area contributed by atoms with Crippen LogP contribution in [-0.2, 0) is 11.3 Å². The Labute approximate surface area is 106 Å². The van der Waals surface area contributed by atoms with Crippen LogP contribution in [0, 0.1) is 0 Å². The summed E-state index contributed by atoms with van der Waals surface area (Å²) >= 11 is 0. The summed E-state index contributed by atoms with van der Waals surface area (Å²) in [6, 6.07) is 5.23. The zero-order valence-corrected chi connectivity index (χ0v) is 10.4. The second-order valence-corrected chi connectivity index (χ2v) is 4.57. The van der Waals surface area contributed by atoms with E-state index in [1.807, 2.05) is 6.07 Å². The lowest BCUT2D eigenvalue weighted by atomic mass is 10.1. The van der Waals surface area contributed by atoms with E-state index in [0.29, 0.717) is 12.2 Å². The van der Waals surface area contributed by atoms with Gasteiger partial charge in [0.25, 0.3) is 0 Å². The van der Waals surface area contributed by atoms with Gasteiger partial charge in [-0.2, -0.15) is 0 Å². The lowest BCUT2D eigenvalue weighted by Gasteiger charge is -2.17. The zero-order valence-electron chi connectivity index (χ0n) is 10.4. The Morgan fingerprint density at radius 2 is 2.39 bits per heavy atom. The molecule has 5 nitrogen and oxygen atoms in total. The van der Waals surface area contributed by atoms with Crippen molar-refractivity contribution in [2.75, 3.05) is 25.9 Å². The number of ether oxygens (including phenoxy) is 1. The highest BCUT2D eigenvalue weighted by Crippen LogP contribution is 2.21. The number of benzene rings is 1. The van der Waals surface area contributed by atoms with Crippen LogP contribution < -0.4 is 5.73 Å². The molecule has 0 spiro atoms. The second kappa shape index (κ2) is 5.37. The Hall–Kier alpha value is -1.59. The maximum atomic E-state index is 11.2. The van der Waals surface area contributed by atoms with Crippen LogP contribution in [0.1, 0.15) is 22.3 Å². The topological polar surface area (TPSA) is 75.8 Å². The first-order chi connectivity index (χ1) is 8.61. The molecule has 0 aliphatic carbocycles. The highest BCUT2D eigenvalue weighted by Gasteiger charge is 2.23. The van der Waals surface area contributed by atoms with Gasteiger partial charge in [0.1, 0.15) is 0 Å². The van der Waals surface area contributed by atoms with Crippen molar-refractivity contribution < 1.29 is 14.6 Å². The molecule has 1 aromatic carbocycles. The van der Waals surface area contributed by atoms with Gasteiger partial charge in [-0.1, -0.05) is 12.1 Å². The van der Waals surface area contributed by atoms with Crippen molar-refractivity contribution in [1.29, 1.82) is 0 Å². The van der Waals surface area contributed by atoms with E-state index in [1.54, 1.807) is 19.2 Å². The van der Waals surface area contributed by atoms with Crippen LogP contribution in [0.5, 0.6) is 0 Å². The molecule has 1 fully saturated rings. The summed E-state index contributed by atoms with van der Waals surface area (Å²) in [4.78, 5) is 13.4. The molecule has 0 aromatic heterocycles. The van der Waals surface area contributed by atoms with Gasteiger partial charge in [-0.05, 0) is 18.1 Å². The Bertz CT molecular complexity index is 448. The number of aromatic carboxylic acids is 1. The van der Waals surface area contributed by atoms with Gasteiger partial charge in [0.15, 0.2) is 0 Å². The third kappa shape index (κ3) is 2.63. The third-order valence-electron chi connectivity index (χ3n) is 3.35. The lowest BCUT2D eigenvalue weighted by molar-refractivity contribution is 0.0695. The van der Waals surface area contributed by atoms with Gasteiger partial charge in [-0.25, -0.2) is 4.79 Å². The molecule has 0 amide bonds. The molecule has 3 N–H and O–H groups in total. The van der Waals surface area contributed by atoms with Crippen molar-refractivity contribution in [3.63, 3.8) is 0 Å². The summed E-state index contributed by atoms with van der Waals surface area (Å²) in [7, 11) is 1.71. The van der Waals surface area contributed by atoms with E-state index >= 15 is 0 Å². The fraction of sp³-hybridized carbons (Fsp3) is 0.462. The van der Waals surface area contributed by atoms with E-state index < -0.39 is 5.97 Å². The summed E-state index contributed by atoms with van der Waals surface area (Å²) in [5.41, 5.74) is 7.03. The van der Waals surface area contributed by atoms with Crippen molar-refractivity contribution in [2.24, 2.45) is 0 Å². The molecule has 2 rings (SSSR count). The van der Waals surface area contributed by atoms with Crippen LogP contribution in [0.15, 0.2) is 18.2 Å². The fourth-order valence-corrected chi connectivity index (χ4v) is 2.39. The van der Waals surface area contributed by atoms with Gasteiger partial charge in [-0.3, -0.25) is 4.90 Å². The van der Waals surface area contributed by atoms with Gasteiger partial charge in [0.05, 0.1) is 11.7 Å². The highest BCUT2D eigenvalue weighted by atomic mass is 16.5. The lowest BCUT2D eigenvalue weighted by Crippen LogP contribution is -2.23. The maximum absolute atomic E-state index is 11.2. The van der Waals surface area contributed by atoms with Gasteiger partial charge in [0, 0.05) is 32.4 Å². The monoisotopic (exact) mass is 250 g/mol. The number of likely N-dealkylation sites (tertiary alicyclic amines) is 1. The molecule has 1 aromatic rings. The molecule has 18 heavy (non-hydrogen) atoms. The van der Waals surface area contributed by atoms with E-state index in [0.717, 1.165) is 25.1 Å². The molecule has 1 heterocycles. The van der Waals surface area contributed by atoms with Crippen LogP contribution in [0.4, 0.5) is 5.69 Å². The van der Waals surface area contributed by atoms with Crippen molar-refractivity contribution >= 4 is 11.7 Å². The second-order valence-electron chi connectivity index (χ2n) is 4.57. The van der Waals surface area contributed by atoms with Crippen LogP contribution in [-0.4, -0.2) is 42.3 Å². The molecular formula is C13H18N2O3. The number of carbonyl (C=O) groups is 1. The molecule has 0 saturated carbocycles. The van der Waals surface area contributed by atoms with Gasteiger partial charge < -0.3 is 15.6 Å². The summed E-state index contributed by atoms with van der Waals surface area (Å²) in [5, 5.41) is 9.20. The predicted molar refractivity (Wildman–Crippen MR) is 68.5 cm³/mol. The molecule has 0 radical (unpaired) electrons. The van der Waals surface area contributed by atoms with Crippen LogP contribution >= 0.6 is 0 Å². The molecule has 1 aliphatic rings. The van der Waals surface area contributed by atoms with Gasteiger partial charge in [-0.15, -0.1) is 0 Å². The number of carboxylic acids is 1. The molecule has 1 atom stereocenters. The van der Waals surface area contributed by atoms with E-state index in [4.69, 9.17) is 10.5 Å². The first kappa shape index (κ1) is 12.9. The number of nitrogens with two attached hydrogens (primary N) is 1. The van der Waals surface area contributed by atoms with Crippen molar-refractivity contribution in [2.45, 2.75) is 19.1 Å². The van der Waals surface area contributed by atoms with E-state index in [-0.39, 0.29) is 11.7 Å². The Balaban J connectivity index is 2.15. The highest BCUT2D eigenvalue weighted by molar-refractivity contribution is 5.95. The van der Waals surface area contributed by atoms with Crippen molar-refractivity contribution in [3.8, 4) is 0 Å². The molecule has 5 heteroatoms. The quantitative estimate of drug-likeness (QED) is 0.785. The number of nitrogen functional groups attached to an aromatic ring is 1. The SMILES string of the molecule is COC1CCN(Cc2cccc(N)c2C(=O)O)C1. The molecule has 1 saturated heterocycles. The van der Waals surface area contributed by atoms with E-state index in [1.165, 1.54) is 0 Å². The van der Waals surface area contributed by atoms with Crippen LogP contribution in [0.2, 0.25) is 0 Å². The third-order valence-corrected chi connectivity index (χ3v) is 3.35. The Morgan fingerprint density at radius 3 is 3.00 bits per heavy atom. The smallest absolute Gasteiger partial charge is 0.338 e. The van der Waals surface area contributed by atoms with Crippen molar-refractivity contribution in [3.05, 3.63) is 29.3 Å². The zero-order chi connectivity index (χ0) is 13.1. The van der Waals surface area contributed by atoms with Crippen molar-refractivity contribution in [1.82, 2.24) is 4.90 Å². The normalized spacial score (nSPS) is 20.2. The number of nitrogens with zero attached hydrogens (tertiary/aromatic N) is 1. The summed E-state index contributed by atoms with van der Waals surface area (Å²) in [6.45, 7) is 2.36. The maximum Gasteiger partial charge on any atom is 0.338 e. The summed E-state index contributed by atoms with van der Waals surface area (Å²) < 4.78 is 5.30. The van der Waals surface area contributed by atoms with Crippen LogP contribution in [0.3, 0.4) is 0 Å². The summed E-state index contributed by atoms with van der Waals surface area (Å²) in [6.07, 6.45) is 1.24. The minimum atomic E-state index is -0.967. The summed E-state index contributed by atoms with van der Waals surface area (Å²) in [5.74, 6) is -0.967. The number of hydrogen-bond donors (Lipinski definition) is 2. The first-order valence-corrected chi connectivity index (χ1v) is 5.97. The van der Waals surface area contributed by atoms with E-state index in [2.05, 4.69) is 4.90 Å². The van der Waals surface area contributed by atoms with E-state index in [9.17, 15) is 9.90 Å².